The van der Waals surface area contributed by atoms with Gasteiger partial charge in [-0.15, -0.1) is 0 Å². The van der Waals surface area contributed by atoms with Crippen LogP contribution in [0.5, 0.6) is 5.75 Å². The quantitative estimate of drug-likeness (QED) is 0.770. The molecule has 0 radical (unpaired) electrons. The topological polar surface area (TPSA) is 50.4 Å². The van der Waals surface area contributed by atoms with Crippen LogP contribution in [0.25, 0.3) is 0 Å². The zero-order chi connectivity index (χ0) is 14.1. The molecule has 0 saturated heterocycles. The Kier molecular flexibility index (Phi) is 7.30. The van der Waals surface area contributed by atoms with E-state index in [1.807, 2.05) is 26.0 Å². The molecule has 1 aromatic carbocycles. The van der Waals surface area contributed by atoms with Gasteiger partial charge in [-0.2, -0.15) is 0 Å². The monoisotopic (exact) mass is 284 g/mol. The molecular weight excluding hydrogens is 264 g/mol. The van der Waals surface area contributed by atoms with Crippen LogP contribution < -0.4 is 15.4 Å². The molecule has 4 nitrogen and oxygen atoms in total. The first-order valence-corrected chi connectivity index (χ1v) is 6.93. The molecule has 19 heavy (non-hydrogen) atoms. The molecule has 0 saturated carbocycles. The molecule has 0 spiro atoms. The zero-order valence-corrected chi connectivity index (χ0v) is 12.2. The number of carbonyl (C=O) groups is 1. The standard InChI is InChI=1S/C14H21ClN2O2/c1-3-7-17-14(18)10-19-13-6-5-11(8-12(13)15)9-16-4-2/h5-6,8,16H,3-4,7,9-10H2,1-2H3,(H,17,18). The largest absolute Gasteiger partial charge is 0.482 e. The van der Waals surface area contributed by atoms with Gasteiger partial charge in [0.1, 0.15) is 5.75 Å². The molecule has 1 aromatic rings. The van der Waals surface area contributed by atoms with Crippen molar-refractivity contribution < 1.29 is 9.53 Å². The summed E-state index contributed by atoms with van der Waals surface area (Å²) >= 11 is 6.11. The molecular formula is C14H21ClN2O2. The Bertz CT molecular complexity index is 410. The molecule has 0 unspecified atom stereocenters. The van der Waals surface area contributed by atoms with Gasteiger partial charge in [0.25, 0.3) is 5.91 Å². The van der Waals surface area contributed by atoms with Crippen LogP contribution in [0.2, 0.25) is 5.02 Å². The highest BCUT2D eigenvalue weighted by Crippen LogP contribution is 2.25. The van der Waals surface area contributed by atoms with E-state index in [1.54, 1.807) is 6.07 Å². The van der Waals surface area contributed by atoms with Crippen molar-refractivity contribution in [3.8, 4) is 5.75 Å². The molecule has 0 aliphatic rings. The number of amides is 1. The highest BCUT2D eigenvalue weighted by molar-refractivity contribution is 6.32. The second-order valence-electron chi connectivity index (χ2n) is 4.18. The Morgan fingerprint density at radius 3 is 2.79 bits per heavy atom. The Morgan fingerprint density at radius 1 is 1.37 bits per heavy atom. The minimum atomic E-state index is -0.130. The lowest BCUT2D eigenvalue weighted by molar-refractivity contribution is -0.123. The average molecular weight is 285 g/mol. The van der Waals surface area contributed by atoms with Crippen molar-refractivity contribution in [1.29, 1.82) is 0 Å². The highest BCUT2D eigenvalue weighted by atomic mass is 35.5. The molecule has 0 aliphatic carbocycles. The van der Waals surface area contributed by atoms with Crippen LogP contribution in [0.15, 0.2) is 18.2 Å². The van der Waals surface area contributed by atoms with Crippen molar-refractivity contribution >= 4 is 17.5 Å². The van der Waals surface area contributed by atoms with E-state index in [4.69, 9.17) is 16.3 Å². The number of halogens is 1. The van der Waals surface area contributed by atoms with Crippen molar-refractivity contribution in [2.45, 2.75) is 26.8 Å². The van der Waals surface area contributed by atoms with Crippen LogP contribution in [0.4, 0.5) is 0 Å². The van der Waals surface area contributed by atoms with Gasteiger partial charge in [0.05, 0.1) is 5.02 Å². The fourth-order valence-corrected chi connectivity index (χ4v) is 1.76. The van der Waals surface area contributed by atoms with Crippen molar-refractivity contribution in [3.63, 3.8) is 0 Å². The predicted octanol–water partition coefficient (Wildman–Crippen LogP) is 2.35. The Balaban J connectivity index is 2.48. The lowest BCUT2D eigenvalue weighted by atomic mass is 10.2. The number of ether oxygens (including phenoxy) is 1. The van der Waals surface area contributed by atoms with Gasteiger partial charge in [-0.25, -0.2) is 0 Å². The number of rotatable bonds is 8. The van der Waals surface area contributed by atoms with E-state index in [-0.39, 0.29) is 12.5 Å². The fraction of sp³-hybridized carbons (Fsp3) is 0.500. The number of nitrogens with one attached hydrogen (secondary N) is 2. The molecule has 1 rings (SSSR count). The lowest BCUT2D eigenvalue weighted by Gasteiger charge is -2.10. The third kappa shape index (κ3) is 5.94. The molecule has 0 aliphatic heterocycles. The lowest BCUT2D eigenvalue weighted by Crippen LogP contribution is -2.29. The van der Waals surface area contributed by atoms with E-state index in [9.17, 15) is 4.79 Å². The molecule has 0 bridgehead atoms. The molecule has 106 valence electrons. The summed E-state index contributed by atoms with van der Waals surface area (Å²) in [7, 11) is 0. The van der Waals surface area contributed by atoms with E-state index in [1.165, 1.54) is 0 Å². The maximum absolute atomic E-state index is 11.4. The first kappa shape index (κ1) is 15.8. The fourth-order valence-electron chi connectivity index (χ4n) is 1.50. The molecule has 2 N–H and O–H groups in total. The van der Waals surface area contributed by atoms with E-state index in [0.717, 1.165) is 25.1 Å². The van der Waals surface area contributed by atoms with Crippen molar-refractivity contribution in [2.24, 2.45) is 0 Å². The average Bonchev–Trinajstić information content (AvgIpc) is 2.41. The van der Waals surface area contributed by atoms with Crippen LogP contribution >= 0.6 is 11.6 Å². The maximum atomic E-state index is 11.4. The van der Waals surface area contributed by atoms with Crippen LogP contribution in [0.3, 0.4) is 0 Å². The first-order valence-electron chi connectivity index (χ1n) is 6.56. The smallest absolute Gasteiger partial charge is 0.257 e. The molecule has 0 heterocycles. The van der Waals surface area contributed by atoms with Gasteiger partial charge in [0.2, 0.25) is 0 Å². The van der Waals surface area contributed by atoms with Gasteiger partial charge in [-0.05, 0) is 30.7 Å². The molecule has 0 aromatic heterocycles. The summed E-state index contributed by atoms with van der Waals surface area (Å²) in [6, 6.07) is 5.58. The third-order valence-electron chi connectivity index (χ3n) is 2.51. The molecule has 0 atom stereocenters. The third-order valence-corrected chi connectivity index (χ3v) is 2.80. The summed E-state index contributed by atoms with van der Waals surface area (Å²) in [5, 5.41) is 6.49. The van der Waals surface area contributed by atoms with E-state index in [2.05, 4.69) is 10.6 Å². The summed E-state index contributed by atoms with van der Waals surface area (Å²) < 4.78 is 5.39. The Hall–Kier alpha value is -1.26. The minimum absolute atomic E-state index is 0.00766. The van der Waals surface area contributed by atoms with Crippen molar-refractivity contribution in [1.82, 2.24) is 10.6 Å². The normalized spacial score (nSPS) is 10.3. The van der Waals surface area contributed by atoms with Gasteiger partial charge in [0, 0.05) is 13.1 Å². The van der Waals surface area contributed by atoms with E-state index >= 15 is 0 Å². The van der Waals surface area contributed by atoms with Crippen LogP contribution in [-0.2, 0) is 11.3 Å². The van der Waals surface area contributed by atoms with Gasteiger partial charge in [-0.1, -0.05) is 31.5 Å². The second-order valence-corrected chi connectivity index (χ2v) is 4.59. The van der Waals surface area contributed by atoms with Crippen LogP contribution in [-0.4, -0.2) is 25.6 Å². The van der Waals surface area contributed by atoms with Crippen LogP contribution in [0.1, 0.15) is 25.8 Å². The summed E-state index contributed by atoms with van der Waals surface area (Å²) in [5.41, 5.74) is 1.09. The van der Waals surface area contributed by atoms with Gasteiger partial charge in [0.15, 0.2) is 6.61 Å². The molecule has 1 amide bonds. The van der Waals surface area contributed by atoms with Crippen molar-refractivity contribution in [3.05, 3.63) is 28.8 Å². The first-order chi connectivity index (χ1) is 9.17. The van der Waals surface area contributed by atoms with E-state index in [0.29, 0.717) is 17.3 Å². The number of hydrogen-bond donors (Lipinski definition) is 2. The van der Waals surface area contributed by atoms with Gasteiger partial charge < -0.3 is 15.4 Å². The van der Waals surface area contributed by atoms with Crippen LogP contribution in [0, 0.1) is 0 Å². The Morgan fingerprint density at radius 2 is 2.16 bits per heavy atom. The maximum Gasteiger partial charge on any atom is 0.257 e. The summed E-state index contributed by atoms with van der Waals surface area (Å²) in [6.07, 6.45) is 0.908. The number of carbonyl (C=O) groups excluding carboxylic acids is 1. The number of hydrogen-bond acceptors (Lipinski definition) is 3. The summed E-state index contributed by atoms with van der Waals surface area (Å²) in [6.45, 7) is 6.39. The van der Waals surface area contributed by atoms with Gasteiger partial charge in [-0.3, -0.25) is 4.79 Å². The Labute approximate surface area is 119 Å². The zero-order valence-electron chi connectivity index (χ0n) is 11.5. The SMILES string of the molecule is CCCNC(=O)COc1ccc(CNCC)cc1Cl. The van der Waals surface area contributed by atoms with Gasteiger partial charge >= 0.3 is 0 Å². The predicted molar refractivity (Wildman–Crippen MR) is 77.6 cm³/mol. The second kappa shape index (κ2) is 8.77. The molecule has 5 heteroatoms. The van der Waals surface area contributed by atoms with E-state index < -0.39 is 0 Å². The minimum Gasteiger partial charge on any atom is -0.482 e. The highest BCUT2D eigenvalue weighted by Gasteiger charge is 2.06. The summed E-state index contributed by atoms with van der Waals surface area (Å²) in [5.74, 6) is 0.406. The summed E-state index contributed by atoms with van der Waals surface area (Å²) in [4.78, 5) is 11.4. The van der Waals surface area contributed by atoms with Crippen molar-refractivity contribution in [2.75, 3.05) is 19.7 Å². The molecule has 0 fully saturated rings. The number of benzene rings is 1.